The number of hydrogen-bond donors (Lipinski definition) is 2. The predicted octanol–water partition coefficient (Wildman–Crippen LogP) is 2.37. The van der Waals surface area contributed by atoms with Crippen LogP contribution in [0, 0.1) is 5.92 Å². The molecule has 1 aliphatic rings. The van der Waals surface area contributed by atoms with Crippen LogP contribution in [-0.4, -0.2) is 26.5 Å². The number of aromatic nitrogens is 1. The zero-order valence-corrected chi connectivity index (χ0v) is 12.7. The SMILES string of the molecule is CCNc1cc(S(=O)(=O)NCCC2CCCC2)ccn1. The van der Waals surface area contributed by atoms with Gasteiger partial charge < -0.3 is 5.32 Å². The normalized spacial score (nSPS) is 16.4. The summed E-state index contributed by atoms with van der Waals surface area (Å²) in [5.74, 6) is 1.28. The van der Waals surface area contributed by atoms with Crippen molar-refractivity contribution in [3.05, 3.63) is 18.3 Å². The van der Waals surface area contributed by atoms with Gasteiger partial charge in [0.1, 0.15) is 5.82 Å². The maximum Gasteiger partial charge on any atom is 0.240 e. The molecule has 0 aliphatic heterocycles. The van der Waals surface area contributed by atoms with Crippen molar-refractivity contribution in [3.8, 4) is 0 Å². The van der Waals surface area contributed by atoms with E-state index in [1.165, 1.54) is 37.9 Å². The quantitative estimate of drug-likeness (QED) is 0.810. The Morgan fingerprint density at radius 3 is 2.80 bits per heavy atom. The Kier molecular flexibility index (Phi) is 5.37. The summed E-state index contributed by atoms with van der Waals surface area (Å²) >= 11 is 0. The van der Waals surface area contributed by atoms with Crippen LogP contribution in [0.15, 0.2) is 23.2 Å². The molecule has 6 heteroatoms. The third kappa shape index (κ3) is 4.18. The van der Waals surface area contributed by atoms with Crippen LogP contribution in [0.25, 0.3) is 0 Å². The standard InChI is InChI=1S/C14H23N3O2S/c1-2-15-14-11-13(8-9-16-14)20(18,19)17-10-7-12-5-3-4-6-12/h8-9,11-12,17H,2-7,10H2,1H3,(H,15,16). The second kappa shape index (κ2) is 7.04. The van der Waals surface area contributed by atoms with Crippen molar-refractivity contribution in [1.29, 1.82) is 0 Å². The molecule has 0 radical (unpaired) electrons. The van der Waals surface area contributed by atoms with Crippen LogP contribution >= 0.6 is 0 Å². The molecule has 20 heavy (non-hydrogen) atoms. The van der Waals surface area contributed by atoms with Crippen molar-refractivity contribution in [3.63, 3.8) is 0 Å². The molecule has 1 aromatic rings. The van der Waals surface area contributed by atoms with Crippen molar-refractivity contribution < 1.29 is 8.42 Å². The Balaban J connectivity index is 1.93. The Bertz CT molecular complexity index is 525. The molecule has 2 N–H and O–H groups in total. The minimum absolute atomic E-state index is 0.273. The lowest BCUT2D eigenvalue weighted by molar-refractivity contribution is 0.495. The van der Waals surface area contributed by atoms with Gasteiger partial charge in [-0.25, -0.2) is 18.1 Å². The second-order valence-corrected chi connectivity index (χ2v) is 7.01. The molecule has 1 heterocycles. The van der Waals surface area contributed by atoms with Gasteiger partial charge in [0, 0.05) is 25.4 Å². The lowest BCUT2D eigenvalue weighted by atomic mass is 10.1. The molecule has 1 saturated carbocycles. The van der Waals surface area contributed by atoms with E-state index in [1.807, 2.05) is 6.92 Å². The molecule has 1 fully saturated rings. The molecule has 0 unspecified atom stereocenters. The van der Waals surface area contributed by atoms with Gasteiger partial charge in [0.15, 0.2) is 0 Å². The highest BCUT2D eigenvalue weighted by atomic mass is 32.2. The Hall–Kier alpha value is -1.14. The van der Waals surface area contributed by atoms with Gasteiger partial charge in [0.05, 0.1) is 4.90 Å². The van der Waals surface area contributed by atoms with Crippen LogP contribution < -0.4 is 10.0 Å². The number of rotatable bonds is 7. The molecule has 0 saturated heterocycles. The smallest absolute Gasteiger partial charge is 0.240 e. The number of anilines is 1. The Labute approximate surface area is 121 Å². The molecule has 0 aromatic carbocycles. The van der Waals surface area contributed by atoms with Gasteiger partial charge in [-0.1, -0.05) is 25.7 Å². The van der Waals surface area contributed by atoms with Gasteiger partial charge in [0.2, 0.25) is 10.0 Å². The predicted molar refractivity (Wildman–Crippen MR) is 80.2 cm³/mol. The fraction of sp³-hybridized carbons (Fsp3) is 0.643. The van der Waals surface area contributed by atoms with Gasteiger partial charge in [-0.2, -0.15) is 0 Å². The van der Waals surface area contributed by atoms with Gasteiger partial charge >= 0.3 is 0 Å². The average Bonchev–Trinajstić information content (AvgIpc) is 2.92. The maximum absolute atomic E-state index is 12.2. The molecular weight excluding hydrogens is 274 g/mol. The van der Waals surface area contributed by atoms with E-state index >= 15 is 0 Å². The molecule has 0 amide bonds. The molecule has 1 aromatic heterocycles. The summed E-state index contributed by atoms with van der Waals surface area (Å²) in [4.78, 5) is 4.36. The summed E-state index contributed by atoms with van der Waals surface area (Å²) in [6.07, 6.45) is 7.50. The minimum Gasteiger partial charge on any atom is -0.370 e. The summed E-state index contributed by atoms with van der Waals surface area (Å²) in [5.41, 5.74) is 0. The number of nitrogens with one attached hydrogen (secondary N) is 2. The number of pyridine rings is 1. The van der Waals surface area contributed by atoms with Gasteiger partial charge in [-0.05, 0) is 25.3 Å². The molecule has 0 spiro atoms. The molecule has 0 atom stereocenters. The first kappa shape index (κ1) is 15.3. The summed E-state index contributed by atoms with van der Waals surface area (Å²) in [6.45, 7) is 3.18. The van der Waals surface area contributed by atoms with E-state index in [0.29, 0.717) is 24.8 Å². The van der Waals surface area contributed by atoms with Crippen LogP contribution in [0.5, 0.6) is 0 Å². The summed E-state index contributed by atoms with van der Waals surface area (Å²) in [7, 11) is -3.42. The highest BCUT2D eigenvalue weighted by Crippen LogP contribution is 2.27. The van der Waals surface area contributed by atoms with E-state index in [4.69, 9.17) is 0 Å². The Morgan fingerprint density at radius 2 is 2.10 bits per heavy atom. The monoisotopic (exact) mass is 297 g/mol. The van der Waals surface area contributed by atoms with E-state index < -0.39 is 10.0 Å². The molecule has 0 bridgehead atoms. The number of hydrogen-bond acceptors (Lipinski definition) is 4. The topological polar surface area (TPSA) is 71.1 Å². The Morgan fingerprint density at radius 1 is 1.35 bits per heavy atom. The molecule has 112 valence electrons. The summed E-state index contributed by atoms with van der Waals surface area (Å²) in [5, 5.41) is 3.02. The zero-order chi connectivity index (χ0) is 14.4. The number of nitrogens with zero attached hydrogens (tertiary/aromatic N) is 1. The second-order valence-electron chi connectivity index (χ2n) is 5.24. The third-order valence-corrected chi connectivity index (χ3v) is 5.18. The van der Waals surface area contributed by atoms with Crippen LogP contribution in [-0.2, 0) is 10.0 Å². The largest absolute Gasteiger partial charge is 0.370 e. The molecule has 2 rings (SSSR count). The van der Waals surface area contributed by atoms with E-state index in [1.54, 1.807) is 6.07 Å². The first-order valence-electron chi connectivity index (χ1n) is 7.31. The van der Waals surface area contributed by atoms with Crippen LogP contribution in [0.3, 0.4) is 0 Å². The maximum atomic E-state index is 12.2. The first-order chi connectivity index (χ1) is 9.62. The highest BCUT2D eigenvalue weighted by Gasteiger charge is 2.18. The minimum atomic E-state index is -3.42. The molecule has 5 nitrogen and oxygen atoms in total. The van der Waals surface area contributed by atoms with Crippen molar-refractivity contribution in [2.45, 2.75) is 43.9 Å². The fourth-order valence-electron chi connectivity index (χ4n) is 2.64. The van der Waals surface area contributed by atoms with Crippen molar-refractivity contribution in [2.24, 2.45) is 5.92 Å². The lowest BCUT2D eigenvalue weighted by Crippen LogP contribution is -2.26. The van der Waals surface area contributed by atoms with Crippen LogP contribution in [0.2, 0.25) is 0 Å². The first-order valence-corrected chi connectivity index (χ1v) is 8.79. The zero-order valence-electron chi connectivity index (χ0n) is 11.9. The van der Waals surface area contributed by atoms with Crippen LogP contribution in [0.1, 0.15) is 39.0 Å². The van der Waals surface area contributed by atoms with Crippen LogP contribution in [0.4, 0.5) is 5.82 Å². The van der Waals surface area contributed by atoms with E-state index in [2.05, 4.69) is 15.0 Å². The lowest BCUT2D eigenvalue weighted by Gasteiger charge is -2.11. The molecule has 1 aliphatic carbocycles. The van der Waals surface area contributed by atoms with Gasteiger partial charge in [0.25, 0.3) is 0 Å². The van der Waals surface area contributed by atoms with Gasteiger partial charge in [-0.3, -0.25) is 0 Å². The number of sulfonamides is 1. The third-order valence-electron chi connectivity index (χ3n) is 3.72. The summed E-state index contributed by atoms with van der Waals surface area (Å²) in [6, 6.07) is 3.10. The molecular formula is C14H23N3O2S. The van der Waals surface area contributed by atoms with Gasteiger partial charge in [-0.15, -0.1) is 0 Å². The fourth-order valence-corrected chi connectivity index (χ4v) is 3.70. The van der Waals surface area contributed by atoms with Crippen molar-refractivity contribution >= 4 is 15.8 Å². The van der Waals surface area contributed by atoms with Crippen molar-refractivity contribution in [1.82, 2.24) is 9.71 Å². The highest BCUT2D eigenvalue weighted by molar-refractivity contribution is 7.89. The van der Waals surface area contributed by atoms with E-state index in [0.717, 1.165) is 6.42 Å². The van der Waals surface area contributed by atoms with E-state index in [-0.39, 0.29) is 4.90 Å². The van der Waals surface area contributed by atoms with E-state index in [9.17, 15) is 8.42 Å². The van der Waals surface area contributed by atoms with Crippen molar-refractivity contribution in [2.75, 3.05) is 18.4 Å². The summed E-state index contributed by atoms with van der Waals surface area (Å²) < 4.78 is 27.1. The average molecular weight is 297 g/mol.